The first-order chi connectivity index (χ1) is 9.85. The van der Waals surface area contributed by atoms with Crippen molar-refractivity contribution in [3.63, 3.8) is 0 Å². The van der Waals surface area contributed by atoms with E-state index in [-0.39, 0.29) is 11.0 Å². The minimum absolute atomic E-state index is 0.0417. The fourth-order valence-electron chi connectivity index (χ4n) is 2.19. The fraction of sp³-hybridized carbons (Fsp3) is 0.278. The van der Waals surface area contributed by atoms with Crippen LogP contribution in [0.4, 0.5) is 4.39 Å². The summed E-state index contributed by atoms with van der Waals surface area (Å²) in [6.07, 6.45) is 1.02. The van der Waals surface area contributed by atoms with E-state index < -0.39 is 11.8 Å². The highest BCUT2D eigenvalue weighted by Gasteiger charge is 2.18. The van der Waals surface area contributed by atoms with E-state index in [9.17, 15) is 9.18 Å². The summed E-state index contributed by atoms with van der Waals surface area (Å²) < 4.78 is 14.0. The van der Waals surface area contributed by atoms with Crippen LogP contribution in [0, 0.1) is 5.82 Å². The summed E-state index contributed by atoms with van der Waals surface area (Å²) in [4.78, 5) is 10.8. The molecule has 2 aromatic carbocycles. The van der Waals surface area contributed by atoms with Gasteiger partial charge in [0.2, 0.25) is 0 Å². The molecule has 0 saturated carbocycles. The Hall–Kier alpha value is -2.16. The van der Waals surface area contributed by atoms with Gasteiger partial charge < -0.3 is 5.11 Å². The Balaban J connectivity index is 2.37. The van der Waals surface area contributed by atoms with Crippen LogP contribution in [0.1, 0.15) is 43.1 Å². The van der Waals surface area contributed by atoms with Crippen molar-refractivity contribution < 1.29 is 14.3 Å². The van der Waals surface area contributed by atoms with Crippen molar-refractivity contribution in [1.82, 2.24) is 0 Å². The monoisotopic (exact) mass is 286 g/mol. The number of carbonyl (C=O) groups is 1. The largest absolute Gasteiger partial charge is 0.478 e. The smallest absolute Gasteiger partial charge is 0.335 e. The molecule has 2 aromatic rings. The van der Waals surface area contributed by atoms with E-state index in [0.29, 0.717) is 5.56 Å². The molecule has 0 saturated heterocycles. The SMILES string of the molecule is CCC(C)(C)c1ccc(-c2ccc(C(=O)O)cc2F)cc1. The second-order valence-electron chi connectivity index (χ2n) is 5.81. The Morgan fingerprint density at radius 2 is 1.76 bits per heavy atom. The van der Waals surface area contributed by atoms with Gasteiger partial charge in [-0.05, 0) is 35.1 Å². The molecule has 0 aliphatic rings. The molecule has 2 rings (SSSR count). The normalized spacial score (nSPS) is 11.4. The van der Waals surface area contributed by atoms with Crippen LogP contribution in [0.15, 0.2) is 42.5 Å². The van der Waals surface area contributed by atoms with E-state index in [1.807, 2.05) is 24.3 Å². The average molecular weight is 286 g/mol. The van der Waals surface area contributed by atoms with Crippen molar-refractivity contribution in [3.05, 3.63) is 59.4 Å². The van der Waals surface area contributed by atoms with Crippen molar-refractivity contribution in [2.24, 2.45) is 0 Å². The third-order valence-corrected chi connectivity index (χ3v) is 4.08. The summed E-state index contributed by atoms with van der Waals surface area (Å²) in [5.74, 6) is -1.64. The summed E-state index contributed by atoms with van der Waals surface area (Å²) in [5.41, 5.74) is 2.42. The number of hydrogen-bond acceptors (Lipinski definition) is 1. The van der Waals surface area contributed by atoms with E-state index in [2.05, 4.69) is 20.8 Å². The molecule has 21 heavy (non-hydrogen) atoms. The third-order valence-electron chi connectivity index (χ3n) is 4.08. The van der Waals surface area contributed by atoms with Gasteiger partial charge >= 0.3 is 5.97 Å². The van der Waals surface area contributed by atoms with Crippen LogP contribution in [0.5, 0.6) is 0 Å². The molecule has 0 aromatic heterocycles. The lowest BCUT2D eigenvalue weighted by Crippen LogP contribution is -2.14. The Bertz CT molecular complexity index is 657. The van der Waals surface area contributed by atoms with E-state index in [1.165, 1.54) is 17.7 Å². The number of hydrogen-bond donors (Lipinski definition) is 1. The second-order valence-corrected chi connectivity index (χ2v) is 5.81. The summed E-state index contributed by atoms with van der Waals surface area (Å²) in [7, 11) is 0. The minimum atomic E-state index is -1.12. The first-order valence-corrected chi connectivity index (χ1v) is 6.99. The molecule has 0 spiro atoms. The highest BCUT2D eigenvalue weighted by molar-refractivity contribution is 5.88. The third kappa shape index (κ3) is 3.13. The van der Waals surface area contributed by atoms with E-state index in [0.717, 1.165) is 18.1 Å². The van der Waals surface area contributed by atoms with Gasteiger partial charge in [0.25, 0.3) is 0 Å². The van der Waals surface area contributed by atoms with Crippen LogP contribution >= 0.6 is 0 Å². The van der Waals surface area contributed by atoms with Gasteiger partial charge in [0.05, 0.1) is 5.56 Å². The Labute approximate surface area is 124 Å². The van der Waals surface area contributed by atoms with Crippen molar-refractivity contribution >= 4 is 5.97 Å². The molecule has 0 aliphatic carbocycles. The van der Waals surface area contributed by atoms with Crippen molar-refractivity contribution in [1.29, 1.82) is 0 Å². The van der Waals surface area contributed by atoms with Crippen LogP contribution < -0.4 is 0 Å². The van der Waals surface area contributed by atoms with Gasteiger partial charge in [-0.3, -0.25) is 0 Å². The predicted octanol–water partition coefficient (Wildman–Crippen LogP) is 4.88. The Morgan fingerprint density at radius 3 is 2.24 bits per heavy atom. The van der Waals surface area contributed by atoms with Gasteiger partial charge in [-0.1, -0.05) is 51.1 Å². The van der Waals surface area contributed by atoms with Gasteiger partial charge in [0, 0.05) is 5.56 Å². The molecule has 2 nitrogen and oxygen atoms in total. The minimum Gasteiger partial charge on any atom is -0.478 e. The first-order valence-electron chi connectivity index (χ1n) is 6.99. The molecular formula is C18H19FO2. The van der Waals surface area contributed by atoms with E-state index >= 15 is 0 Å². The molecule has 1 N–H and O–H groups in total. The zero-order valence-electron chi connectivity index (χ0n) is 12.5. The molecule has 0 radical (unpaired) electrons. The van der Waals surface area contributed by atoms with Crippen LogP contribution in [0.2, 0.25) is 0 Å². The molecule has 0 unspecified atom stereocenters. The summed E-state index contributed by atoms with van der Waals surface area (Å²) in [6.45, 7) is 6.48. The molecule has 0 bridgehead atoms. The van der Waals surface area contributed by atoms with Gasteiger partial charge in [0.15, 0.2) is 0 Å². The van der Waals surface area contributed by atoms with Crippen LogP contribution in [-0.2, 0) is 5.41 Å². The Morgan fingerprint density at radius 1 is 1.14 bits per heavy atom. The van der Waals surface area contributed by atoms with Gasteiger partial charge in [-0.2, -0.15) is 0 Å². The quantitative estimate of drug-likeness (QED) is 0.869. The standard InChI is InChI=1S/C18H19FO2/c1-4-18(2,3)14-8-5-12(6-9-14)15-10-7-13(17(20)21)11-16(15)19/h5-11H,4H2,1-3H3,(H,20,21). The van der Waals surface area contributed by atoms with Gasteiger partial charge in [0.1, 0.15) is 5.82 Å². The lowest BCUT2D eigenvalue weighted by molar-refractivity contribution is 0.0696. The zero-order valence-corrected chi connectivity index (χ0v) is 12.5. The molecule has 0 aliphatic heterocycles. The number of aromatic carboxylic acids is 1. The maximum absolute atomic E-state index is 14.0. The van der Waals surface area contributed by atoms with Crippen LogP contribution in [0.3, 0.4) is 0 Å². The molecule has 0 fully saturated rings. The number of carboxylic acids is 1. The molecule has 0 heterocycles. The zero-order chi connectivity index (χ0) is 15.6. The maximum atomic E-state index is 14.0. The van der Waals surface area contributed by atoms with Gasteiger partial charge in [-0.25, -0.2) is 9.18 Å². The molecule has 0 amide bonds. The predicted molar refractivity (Wildman–Crippen MR) is 82.1 cm³/mol. The molecular weight excluding hydrogens is 267 g/mol. The molecule has 3 heteroatoms. The second kappa shape index (κ2) is 5.68. The highest BCUT2D eigenvalue weighted by Crippen LogP contribution is 2.30. The van der Waals surface area contributed by atoms with E-state index in [1.54, 1.807) is 0 Å². The first kappa shape index (κ1) is 15.2. The molecule has 0 atom stereocenters. The molecule has 110 valence electrons. The number of carboxylic acid groups (broad SMARTS) is 1. The van der Waals surface area contributed by atoms with Crippen molar-refractivity contribution in [2.75, 3.05) is 0 Å². The van der Waals surface area contributed by atoms with Gasteiger partial charge in [-0.15, -0.1) is 0 Å². The van der Waals surface area contributed by atoms with E-state index in [4.69, 9.17) is 5.11 Å². The number of halogens is 1. The fourth-order valence-corrected chi connectivity index (χ4v) is 2.19. The average Bonchev–Trinajstić information content (AvgIpc) is 2.47. The highest BCUT2D eigenvalue weighted by atomic mass is 19.1. The van der Waals surface area contributed by atoms with Crippen molar-refractivity contribution in [2.45, 2.75) is 32.6 Å². The van der Waals surface area contributed by atoms with Crippen molar-refractivity contribution in [3.8, 4) is 11.1 Å². The lowest BCUT2D eigenvalue weighted by Gasteiger charge is -2.23. The van der Waals surface area contributed by atoms with Crippen LogP contribution in [-0.4, -0.2) is 11.1 Å². The van der Waals surface area contributed by atoms with Crippen LogP contribution in [0.25, 0.3) is 11.1 Å². The maximum Gasteiger partial charge on any atom is 0.335 e. The lowest BCUT2D eigenvalue weighted by atomic mass is 9.82. The Kier molecular flexibility index (Phi) is 4.12. The topological polar surface area (TPSA) is 37.3 Å². The summed E-state index contributed by atoms with van der Waals surface area (Å²) in [6, 6.07) is 11.8. The number of rotatable bonds is 4. The summed E-state index contributed by atoms with van der Waals surface area (Å²) in [5, 5.41) is 8.86. The summed E-state index contributed by atoms with van der Waals surface area (Å²) >= 11 is 0. The number of benzene rings is 2.